The van der Waals surface area contributed by atoms with Crippen LogP contribution in [0.15, 0.2) is 17.5 Å². The number of carboxylic acid groups (broad SMARTS) is 1. The van der Waals surface area contributed by atoms with Crippen molar-refractivity contribution in [3.8, 4) is 0 Å². The molecule has 1 aliphatic heterocycles. The molecule has 0 saturated carbocycles. The van der Waals surface area contributed by atoms with E-state index in [1.54, 1.807) is 17.4 Å². The molecule has 0 aromatic carbocycles. The fourth-order valence-corrected chi connectivity index (χ4v) is 3.27. The summed E-state index contributed by atoms with van der Waals surface area (Å²) in [5.74, 6) is -0.942. The minimum absolute atomic E-state index is 0.0249. The number of carbonyl (C=O) groups is 1. The van der Waals surface area contributed by atoms with E-state index < -0.39 is 5.97 Å². The molecule has 6 heteroatoms. The highest BCUT2D eigenvalue weighted by molar-refractivity contribution is 7.10. The molecule has 0 aliphatic carbocycles. The lowest BCUT2D eigenvalue weighted by atomic mass is 10.2. The van der Waals surface area contributed by atoms with E-state index in [1.165, 1.54) is 0 Å². The highest BCUT2D eigenvalue weighted by Gasteiger charge is 2.25. The van der Waals surface area contributed by atoms with Gasteiger partial charge < -0.3 is 14.9 Å². The van der Waals surface area contributed by atoms with Crippen molar-refractivity contribution >= 4 is 23.4 Å². The van der Waals surface area contributed by atoms with Crippen LogP contribution in [0.2, 0.25) is 0 Å². The molecule has 2 heterocycles. The van der Waals surface area contributed by atoms with Crippen molar-refractivity contribution in [2.45, 2.75) is 25.7 Å². The molecule has 1 aliphatic rings. The van der Waals surface area contributed by atoms with Gasteiger partial charge in [-0.25, -0.2) is 4.79 Å². The van der Waals surface area contributed by atoms with Crippen LogP contribution in [0.3, 0.4) is 0 Å². The topological polar surface area (TPSA) is 70.0 Å². The predicted octanol–water partition coefficient (Wildman–Crippen LogP) is 1.43. The van der Waals surface area contributed by atoms with Crippen molar-refractivity contribution in [2.75, 3.05) is 19.7 Å². The van der Waals surface area contributed by atoms with E-state index in [2.05, 4.69) is 4.90 Å². The second-order valence-electron chi connectivity index (χ2n) is 4.92. The maximum Gasteiger partial charge on any atom is 0.328 e. The van der Waals surface area contributed by atoms with Gasteiger partial charge in [-0.3, -0.25) is 4.90 Å². The van der Waals surface area contributed by atoms with Crippen LogP contribution < -0.4 is 0 Å². The van der Waals surface area contributed by atoms with E-state index in [9.17, 15) is 9.90 Å². The van der Waals surface area contributed by atoms with Gasteiger partial charge in [0.05, 0.1) is 18.8 Å². The highest BCUT2D eigenvalue weighted by Crippen LogP contribution is 2.22. The summed E-state index contributed by atoms with van der Waals surface area (Å²) in [6.45, 7) is 4.28. The Morgan fingerprint density at radius 2 is 2.40 bits per heavy atom. The molecule has 1 aromatic heterocycles. The molecule has 1 fully saturated rings. The van der Waals surface area contributed by atoms with Gasteiger partial charge in [-0.15, -0.1) is 11.3 Å². The van der Waals surface area contributed by atoms with Crippen molar-refractivity contribution in [2.24, 2.45) is 0 Å². The maximum absolute atomic E-state index is 10.6. The molecule has 2 unspecified atom stereocenters. The number of aliphatic hydroxyl groups is 1. The average molecular weight is 297 g/mol. The molecule has 1 saturated heterocycles. The fourth-order valence-electron chi connectivity index (χ4n) is 2.36. The van der Waals surface area contributed by atoms with Crippen molar-refractivity contribution in [1.29, 1.82) is 0 Å². The normalized spacial score (nSPS) is 24.3. The Morgan fingerprint density at radius 3 is 3.10 bits per heavy atom. The number of thiophene rings is 1. The zero-order valence-electron chi connectivity index (χ0n) is 11.4. The van der Waals surface area contributed by atoms with E-state index >= 15 is 0 Å². The van der Waals surface area contributed by atoms with Crippen LogP contribution in [-0.2, 0) is 16.1 Å². The van der Waals surface area contributed by atoms with Crippen LogP contribution in [-0.4, -0.2) is 53.0 Å². The second kappa shape index (κ2) is 6.99. The van der Waals surface area contributed by atoms with E-state index in [1.807, 2.05) is 18.4 Å². The lowest BCUT2D eigenvalue weighted by Gasteiger charge is -2.35. The molecule has 1 aromatic rings. The van der Waals surface area contributed by atoms with Crippen LogP contribution in [0, 0.1) is 0 Å². The molecule has 0 bridgehead atoms. The first kappa shape index (κ1) is 15.2. The van der Waals surface area contributed by atoms with E-state index in [4.69, 9.17) is 9.84 Å². The average Bonchev–Trinajstić information content (AvgIpc) is 2.83. The summed E-state index contributed by atoms with van der Waals surface area (Å²) in [7, 11) is 0. The first-order valence-electron chi connectivity index (χ1n) is 6.54. The van der Waals surface area contributed by atoms with Crippen molar-refractivity contribution in [3.05, 3.63) is 28.0 Å². The summed E-state index contributed by atoms with van der Waals surface area (Å²) in [6, 6.07) is 1.92. The second-order valence-corrected chi connectivity index (χ2v) is 5.92. The minimum atomic E-state index is -0.942. The number of morpholine rings is 1. The Balaban J connectivity index is 2.02. The van der Waals surface area contributed by atoms with Gasteiger partial charge >= 0.3 is 5.97 Å². The molecule has 2 atom stereocenters. The number of rotatable bonds is 5. The summed E-state index contributed by atoms with van der Waals surface area (Å²) >= 11 is 1.62. The summed E-state index contributed by atoms with van der Waals surface area (Å²) in [5, 5.41) is 19.9. The lowest BCUT2D eigenvalue weighted by Crippen LogP contribution is -2.47. The number of hydrogen-bond donors (Lipinski definition) is 2. The molecule has 2 rings (SSSR count). The Kier molecular flexibility index (Phi) is 5.31. The molecule has 0 amide bonds. The van der Waals surface area contributed by atoms with E-state index in [0.29, 0.717) is 6.54 Å². The standard InChI is InChI=1S/C14H19NO4S/c1-10-6-15(7-12(9-16)19-10)8-13-11(4-5-20-13)2-3-14(17)18/h2-5,10,12,16H,6-9H2,1H3,(H,17,18)/b3-2+. The van der Waals surface area contributed by atoms with Crippen LogP contribution in [0.4, 0.5) is 0 Å². The molecular formula is C14H19NO4S. The van der Waals surface area contributed by atoms with Gasteiger partial charge in [0, 0.05) is 30.6 Å². The van der Waals surface area contributed by atoms with Crippen molar-refractivity contribution in [3.63, 3.8) is 0 Å². The number of carboxylic acids is 1. The first-order valence-corrected chi connectivity index (χ1v) is 7.42. The Bertz CT molecular complexity index is 485. The number of nitrogens with zero attached hydrogens (tertiary/aromatic N) is 1. The summed E-state index contributed by atoms with van der Waals surface area (Å²) in [4.78, 5) is 14.0. The van der Waals surface area contributed by atoms with Crippen molar-refractivity contribution in [1.82, 2.24) is 4.90 Å². The van der Waals surface area contributed by atoms with Gasteiger partial charge in [-0.1, -0.05) is 0 Å². The van der Waals surface area contributed by atoms with Crippen LogP contribution in [0.1, 0.15) is 17.4 Å². The summed E-state index contributed by atoms with van der Waals surface area (Å²) in [6.07, 6.45) is 2.74. The molecule has 5 nitrogen and oxygen atoms in total. The van der Waals surface area contributed by atoms with Gasteiger partial charge in [0.25, 0.3) is 0 Å². The van der Waals surface area contributed by atoms with Crippen LogP contribution in [0.5, 0.6) is 0 Å². The van der Waals surface area contributed by atoms with Gasteiger partial charge in [-0.05, 0) is 30.0 Å². The predicted molar refractivity (Wildman–Crippen MR) is 77.7 cm³/mol. The third kappa shape index (κ3) is 4.14. The molecule has 20 heavy (non-hydrogen) atoms. The first-order chi connectivity index (χ1) is 9.58. The van der Waals surface area contributed by atoms with Gasteiger partial charge in [0.15, 0.2) is 0 Å². The zero-order valence-corrected chi connectivity index (χ0v) is 12.2. The smallest absolute Gasteiger partial charge is 0.328 e. The molecule has 2 N–H and O–H groups in total. The maximum atomic E-state index is 10.6. The Labute approximate surface area is 122 Å². The van der Waals surface area contributed by atoms with E-state index in [0.717, 1.165) is 29.6 Å². The Morgan fingerprint density at radius 1 is 1.60 bits per heavy atom. The number of hydrogen-bond acceptors (Lipinski definition) is 5. The van der Waals surface area contributed by atoms with Crippen LogP contribution >= 0.6 is 11.3 Å². The minimum Gasteiger partial charge on any atom is -0.478 e. The lowest BCUT2D eigenvalue weighted by molar-refractivity contribution is -0.131. The monoisotopic (exact) mass is 297 g/mol. The zero-order chi connectivity index (χ0) is 14.5. The SMILES string of the molecule is CC1CN(Cc2sccc2/C=C/C(=O)O)CC(CO)O1. The largest absolute Gasteiger partial charge is 0.478 e. The summed E-state index contributed by atoms with van der Waals surface area (Å²) in [5.41, 5.74) is 0.942. The molecule has 0 spiro atoms. The number of aliphatic hydroxyl groups excluding tert-OH is 1. The quantitative estimate of drug-likeness (QED) is 0.805. The van der Waals surface area contributed by atoms with Gasteiger partial charge in [0.2, 0.25) is 0 Å². The highest BCUT2D eigenvalue weighted by atomic mass is 32.1. The summed E-state index contributed by atoms with van der Waals surface area (Å²) < 4.78 is 5.61. The van der Waals surface area contributed by atoms with Crippen LogP contribution in [0.25, 0.3) is 6.08 Å². The van der Waals surface area contributed by atoms with Gasteiger partial charge in [-0.2, -0.15) is 0 Å². The third-order valence-electron chi connectivity index (χ3n) is 3.16. The third-order valence-corrected chi connectivity index (χ3v) is 4.08. The fraction of sp³-hybridized carbons (Fsp3) is 0.500. The number of ether oxygens (including phenoxy) is 1. The Hall–Kier alpha value is -1.21. The molecule has 110 valence electrons. The number of aliphatic carboxylic acids is 1. The van der Waals surface area contributed by atoms with E-state index in [-0.39, 0.29) is 18.8 Å². The van der Waals surface area contributed by atoms with Gasteiger partial charge in [0.1, 0.15) is 0 Å². The molecular weight excluding hydrogens is 278 g/mol. The molecule has 0 radical (unpaired) electrons. The van der Waals surface area contributed by atoms with Crippen molar-refractivity contribution < 1.29 is 19.7 Å².